The lowest BCUT2D eigenvalue weighted by molar-refractivity contribution is 0.0659. The molecule has 1 aromatic carbocycles. The SMILES string of the molecule is COc1c(F)cccc1-c1noc(C2COCCN2)n1. The van der Waals surface area contributed by atoms with Crippen molar-refractivity contribution in [1.29, 1.82) is 0 Å². The van der Waals surface area contributed by atoms with Gasteiger partial charge in [-0.25, -0.2) is 4.39 Å². The summed E-state index contributed by atoms with van der Waals surface area (Å²) in [6, 6.07) is 4.44. The minimum Gasteiger partial charge on any atom is -0.493 e. The highest BCUT2D eigenvalue weighted by Crippen LogP contribution is 2.30. The Balaban J connectivity index is 1.92. The number of para-hydroxylation sites is 1. The van der Waals surface area contributed by atoms with Gasteiger partial charge >= 0.3 is 0 Å². The van der Waals surface area contributed by atoms with E-state index in [1.165, 1.54) is 13.2 Å². The van der Waals surface area contributed by atoms with Gasteiger partial charge in [-0.3, -0.25) is 0 Å². The highest BCUT2D eigenvalue weighted by molar-refractivity contribution is 5.63. The number of nitrogens with zero attached hydrogens (tertiary/aromatic N) is 2. The fourth-order valence-corrected chi connectivity index (χ4v) is 2.10. The van der Waals surface area contributed by atoms with Crippen molar-refractivity contribution >= 4 is 0 Å². The minimum atomic E-state index is -0.463. The molecule has 1 aliphatic rings. The van der Waals surface area contributed by atoms with Crippen LogP contribution < -0.4 is 10.1 Å². The average Bonchev–Trinajstić information content (AvgIpc) is 2.97. The number of rotatable bonds is 3. The van der Waals surface area contributed by atoms with Crippen molar-refractivity contribution < 1.29 is 18.4 Å². The highest BCUT2D eigenvalue weighted by Gasteiger charge is 2.23. The predicted octanol–water partition coefficient (Wildman–Crippen LogP) is 1.55. The smallest absolute Gasteiger partial charge is 0.246 e. The van der Waals surface area contributed by atoms with Crippen LogP contribution in [0.3, 0.4) is 0 Å². The van der Waals surface area contributed by atoms with Crippen molar-refractivity contribution in [3.05, 3.63) is 29.9 Å². The lowest BCUT2D eigenvalue weighted by atomic mass is 10.2. The van der Waals surface area contributed by atoms with Crippen LogP contribution in [0.2, 0.25) is 0 Å². The zero-order valence-electron chi connectivity index (χ0n) is 10.9. The molecular weight excluding hydrogens is 265 g/mol. The van der Waals surface area contributed by atoms with Gasteiger partial charge in [0.25, 0.3) is 0 Å². The molecule has 0 aliphatic carbocycles. The van der Waals surface area contributed by atoms with Gasteiger partial charge in [-0.1, -0.05) is 11.2 Å². The van der Waals surface area contributed by atoms with Gasteiger partial charge in [-0.05, 0) is 12.1 Å². The summed E-state index contributed by atoms with van der Waals surface area (Å²) in [5, 5.41) is 7.10. The van der Waals surface area contributed by atoms with Gasteiger partial charge < -0.3 is 19.3 Å². The largest absolute Gasteiger partial charge is 0.493 e. The van der Waals surface area contributed by atoms with E-state index in [2.05, 4.69) is 15.5 Å². The molecule has 1 unspecified atom stereocenters. The molecule has 20 heavy (non-hydrogen) atoms. The molecule has 2 heterocycles. The molecular formula is C13H14FN3O3. The van der Waals surface area contributed by atoms with E-state index in [-0.39, 0.29) is 11.8 Å². The fourth-order valence-electron chi connectivity index (χ4n) is 2.10. The Morgan fingerprint density at radius 3 is 3.10 bits per heavy atom. The van der Waals surface area contributed by atoms with Crippen LogP contribution in [-0.4, -0.2) is 37.0 Å². The van der Waals surface area contributed by atoms with Gasteiger partial charge in [-0.2, -0.15) is 4.98 Å². The third kappa shape index (κ3) is 2.37. The van der Waals surface area contributed by atoms with Crippen LogP contribution in [0.15, 0.2) is 22.7 Å². The van der Waals surface area contributed by atoms with E-state index in [4.69, 9.17) is 14.0 Å². The van der Waals surface area contributed by atoms with Gasteiger partial charge in [0.15, 0.2) is 11.6 Å². The Kier molecular flexibility index (Phi) is 3.62. The number of benzene rings is 1. The summed E-state index contributed by atoms with van der Waals surface area (Å²) >= 11 is 0. The summed E-state index contributed by atoms with van der Waals surface area (Å²) in [7, 11) is 1.40. The van der Waals surface area contributed by atoms with E-state index >= 15 is 0 Å². The van der Waals surface area contributed by atoms with Crippen molar-refractivity contribution in [3.63, 3.8) is 0 Å². The first-order valence-corrected chi connectivity index (χ1v) is 6.27. The summed E-state index contributed by atoms with van der Waals surface area (Å²) in [6.07, 6.45) is 0. The van der Waals surface area contributed by atoms with Crippen molar-refractivity contribution in [1.82, 2.24) is 15.5 Å². The molecule has 1 N–H and O–H groups in total. The minimum absolute atomic E-state index is 0.104. The van der Waals surface area contributed by atoms with E-state index in [0.29, 0.717) is 30.5 Å². The second-order valence-electron chi connectivity index (χ2n) is 4.36. The molecule has 7 heteroatoms. The van der Waals surface area contributed by atoms with Crippen LogP contribution in [0, 0.1) is 5.82 Å². The topological polar surface area (TPSA) is 69.4 Å². The maximum Gasteiger partial charge on any atom is 0.246 e. The van der Waals surface area contributed by atoms with Gasteiger partial charge in [0.05, 0.1) is 25.9 Å². The highest BCUT2D eigenvalue weighted by atomic mass is 19.1. The quantitative estimate of drug-likeness (QED) is 0.919. The molecule has 1 fully saturated rings. The van der Waals surface area contributed by atoms with E-state index in [0.717, 1.165) is 6.54 Å². The van der Waals surface area contributed by atoms with Gasteiger partial charge in [0.2, 0.25) is 11.7 Å². The number of ether oxygens (including phenoxy) is 2. The summed E-state index contributed by atoms with van der Waals surface area (Å²) in [6.45, 7) is 1.86. The molecule has 1 saturated heterocycles. The first-order valence-electron chi connectivity index (χ1n) is 6.27. The molecule has 106 valence electrons. The molecule has 1 aromatic heterocycles. The first kappa shape index (κ1) is 13.0. The number of aromatic nitrogens is 2. The van der Waals surface area contributed by atoms with Crippen LogP contribution in [0.25, 0.3) is 11.4 Å². The zero-order chi connectivity index (χ0) is 13.9. The lowest BCUT2D eigenvalue weighted by Gasteiger charge is -2.20. The van der Waals surface area contributed by atoms with E-state index in [1.54, 1.807) is 12.1 Å². The molecule has 0 bridgehead atoms. The molecule has 0 radical (unpaired) electrons. The summed E-state index contributed by atoms with van der Waals surface area (Å²) < 4.78 is 29.3. The van der Waals surface area contributed by atoms with Crippen LogP contribution in [-0.2, 0) is 4.74 Å². The summed E-state index contributed by atoms with van der Waals surface area (Å²) in [5.74, 6) is 0.359. The van der Waals surface area contributed by atoms with E-state index < -0.39 is 5.82 Å². The first-order chi connectivity index (χ1) is 9.79. The summed E-state index contributed by atoms with van der Waals surface area (Å²) in [4.78, 5) is 4.29. The number of hydrogen-bond donors (Lipinski definition) is 1. The second kappa shape index (κ2) is 5.56. The van der Waals surface area contributed by atoms with E-state index in [1.807, 2.05) is 0 Å². The molecule has 6 nitrogen and oxygen atoms in total. The van der Waals surface area contributed by atoms with Crippen molar-refractivity contribution in [2.75, 3.05) is 26.9 Å². The van der Waals surface area contributed by atoms with Crippen LogP contribution in [0.5, 0.6) is 5.75 Å². The monoisotopic (exact) mass is 279 g/mol. The maximum atomic E-state index is 13.7. The number of nitrogens with one attached hydrogen (secondary N) is 1. The predicted molar refractivity (Wildman–Crippen MR) is 67.8 cm³/mol. The molecule has 3 rings (SSSR count). The van der Waals surface area contributed by atoms with Crippen molar-refractivity contribution in [3.8, 4) is 17.1 Å². The number of morpholine rings is 1. The second-order valence-corrected chi connectivity index (χ2v) is 4.36. The van der Waals surface area contributed by atoms with Crippen molar-refractivity contribution in [2.45, 2.75) is 6.04 Å². The van der Waals surface area contributed by atoms with Crippen LogP contribution in [0.1, 0.15) is 11.9 Å². The van der Waals surface area contributed by atoms with E-state index in [9.17, 15) is 4.39 Å². The Morgan fingerprint density at radius 1 is 1.45 bits per heavy atom. The Hall–Kier alpha value is -1.99. The standard InChI is InChI=1S/C13H14FN3O3/c1-18-11-8(3-2-4-9(11)14)12-16-13(20-17-12)10-7-19-6-5-15-10/h2-4,10,15H,5-7H2,1H3. The van der Waals surface area contributed by atoms with Gasteiger partial charge in [0.1, 0.15) is 6.04 Å². The Bertz CT molecular complexity index is 596. The maximum absolute atomic E-state index is 13.7. The number of methoxy groups -OCH3 is 1. The third-order valence-electron chi connectivity index (χ3n) is 3.07. The van der Waals surface area contributed by atoms with Crippen LogP contribution in [0.4, 0.5) is 4.39 Å². The Labute approximate surface area is 114 Å². The molecule has 0 spiro atoms. The number of halogens is 1. The summed E-state index contributed by atoms with van der Waals surface area (Å²) in [5.41, 5.74) is 0.458. The molecule has 0 amide bonds. The molecule has 0 saturated carbocycles. The fraction of sp³-hybridized carbons (Fsp3) is 0.385. The van der Waals surface area contributed by atoms with Gasteiger partial charge in [-0.15, -0.1) is 0 Å². The lowest BCUT2D eigenvalue weighted by Crippen LogP contribution is -2.34. The number of hydrogen-bond acceptors (Lipinski definition) is 6. The van der Waals surface area contributed by atoms with Gasteiger partial charge in [0, 0.05) is 6.54 Å². The zero-order valence-corrected chi connectivity index (χ0v) is 10.9. The normalized spacial score (nSPS) is 19.0. The molecule has 1 atom stereocenters. The third-order valence-corrected chi connectivity index (χ3v) is 3.07. The average molecular weight is 279 g/mol. The molecule has 1 aliphatic heterocycles. The van der Waals surface area contributed by atoms with Crippen LogP contribution >= 0.6 is 0 Å². The van der Waals surface area contributed by atoms with Crippen molar-refractivity contribution in [2.24, 2.45) is 0 Å². The molecule has 2 aromatic rings. The Morgan fingerprint density at radius 2 is 2.35 bits per heavy atom.